The number of amides is 2. The molecule has 1 rings (SSSR count). The Morgan fingerprint density at radius 3 is 2.60 bits per heavy atom. The SMILES string of the molecule is CCOCc1ccc(NC(=O)NCCC(O)CC)cc1. The van der Waals surface area contributed by atoms with Crippen LogP contribution < -0.4 is 10.6 Å². The van der Waals surface area contributed by atoms with Gasteiger partial charge in [-0.15, -0.1) is 0 Å². The molecule has 0 aliphatic carbocycles. The highest BCUT2D eigenvalue weighted by Gasteiger charge is 2.04. The lowest BCUT2D eigenvalue weighted by atomic mass is 10.2. The molecule has 0 aliphatic heterocycles. The largest absolute Gasteiger partial charge is 0.393 e. The van der Waals surface area contributed by atoms with E-state index in [1.807, 2.05) is 38.1 Å². The first-order valence-electron chi connectivity index (χ1n) is 7.05. The Morgan fingerprint density at radius 2 is 2.00 bits per heavy atom. The van der Waals surface area contributed by atoms with E-state index in [1.165, 1.54) is 0 Å². The maximum absolute atomic E-state index is 11.6. The molecule has 0 aliphatic rings. The molecule has 0 radical (unpaired) electrons. The van der Waals surface area contributed by atoms with E-state index in [1.54, 1.807) is 0 Å². The van der Waals surface area contributed by atoms with Crippen molar-refractivity contribution in [2.24, 2.45) is 0 Å². The molecule has 0 bridgehead atoms. The Balaban J connectivity index is 2.31. The fourth-order valence-corrected chi connectivity index (χ4v) is 1.64. The van der Waals surface area contributed by atoms with Crippen molar-refractivity contribution < 1.29 is 14.6 Å². The number of rotatable bonds is 8. The van der Waals surface area contributed by atoms with E-state index in [0.29, 0.717) is 32.6 Å². The van der Waals surface area contributed by atoms with Gasteiger partial charge in [-0.1, -0.05) is 19.1 Å². The predicted molar refractivity (Wildman–Crippen MR) is 79.7 cm³/mol. The normalized spacial score (nSPS) is 11.9. The maximum Gasteiger partial charge on any atom is 0.319 e. The molecule has 1 aromatic rings. The molecule has 1 aromatic carbocycles. The van der Waals surface area contributed by atoms with Crippen molar-refractivity contribution in [3.63, 3.8) is 0 Å². The number of nitrogens with one attached hydrogen (secondary N) is 2. The second-order valence-corrected chi connectivity index (χ2v) is 4.57. The molecule has 3 N–H and O–H groups in total. The highest BCUT2D eigenvalue weighted by atomic mass is 16.5. The third-order valence-electron chi connectivity index (χ3n) is 2.92. The summed E-state index contributed by atoms with van der Waals surface area (Å²) in [6.45, 7) is 5.59. The highest BCUT2D eigenvalue weighted by Crippen LogP contribution is 2.10. The smallest absolute Gasteiger partial charge is 0.319 e. The van der Waals surface area contributed by atoms with Crippen LogP contribution in [0.1, 0.15) is 32.3 Å². The first-order valence-corrected chi connectivity index (χ1v) is 7.05. The Morgan fingerprint density at radius 1 is 1.30 bits per heavy atom. The van der Waals surface area contributed by atoms with Crippen LogP contribution in [-0.4, -0.2) is 30.4 Å². The van der Waals surface area contributed by atoms with Crippen LogP contribution in [0, 0.1) is 0 Å². The summed E-state index contributed by atoms with van der Waals surface area (Å²) in [6.07, 6.45) is 0.912. The predicted octanol–water partition coefficient (Wildman–Crippen LogP) is 2.51. The van der Waals surface area contributed by atoms with Crippen molar-refractivity contribution in [3.05, 3.63) is 29.8 Å². The minimum absolute atomic E-state index is 0.258. The number of aliphatic hydroxyl groups excluding tert-OH is 1. The van der Waals surface area contributed by atoms with Crippen LogP contribution in [0.2, 0.25) is 0 Å². The molecule has 2 amide bonds. The van der Waals surface area contributed by atoms with Gasteiger partial charge in [-0.05, 0) is 37.5 Å². The van der Waals surface area contributed by atoms with E-state index in [-0.39, 0.29) is 12.1 Å². The number of ether oxygens (including phenoxy) is 1. The third-order valence-corrected chi connectivity index (χ3v) is 2.92. The average Bonchev–Trinajstić information content (AvgIpc) is 2.46. The van der Waals surface area contributed by atoms with Crippen molar-refractivity contribution in [2.75, 3.05) is 18.5 Å². The monoisotopic (exact) mass is 280 g/mol. The maximum atomic E-state index is 11.6. The minimum Gasteiger partial charge on any atom is -0.393 e. The zero-order valence-corrected chi connectivity index (χ0v) is 12.2. The molecule has 5 nitrogen and oxygen atoms in total. The van der Waals surface area contributed by atoms with Crippen molar-refractivity contribution in [1.82, 2.24) is 5.32 Å². The standard InChI is InChI=1S/C15H24N2O3/c1-3-14(18)9-10-16-15(19)17-13-7-5-12(6-8-13)11-20-4-2/h5-8,14,18H,3-4,9-11H2,1-2H3,(H2,16,17,19). The second kappa shape index (κ2) is 9.34. The van der Waals surface area contributed by atoms with Gasteiger partial charge in [0.25, 0.3) is 0 Å². The summed E-state index contributed by atoms with van der Waals surface area (Å²) < 4.78 is 5.30. The molecule has 0 heterocycles. The van der Waals surface area contributed by atoms with Crippen LogP contribution >= 0.6 is 0 Å². The third kappa shape index (κ3) is 6.54. The van der Waals surface area contributed by atoms with Crippen LogP contribution in [0.15, 0.2) is 24.3 Å². The molecule has 0 aromatic heterocycles. The molecule has 5 heteroatoms. The van der Waals surface area contributed by atoms with Crippen LogP contribution in [0.5, 0.6) is 0 Å². The van der Waals surface area contributed by atoms with Crippen LogP contribution in [0.25, 0.3) is 0 Å². The fraction of sp³-hybridized carbons (Fsp3) is 0.533. The van der Waals surface area contributed by atoms with Gasteiger partial charge in [0, 0.05) is 18.8 Å². The minimum atomic E-state index is -0.354. The van der Waals surface area contributed by atoms with Gasteiger partial charge in [0.1, 0.15) is 0 Å². The molecule has 0 spiro atoms. The lowest BCUT2D eigenvalue weighted by molar-refractivity contribution is 0.134. The van der Waals surface area contributed by atoms with Crippen molar-refractivity contribution in [2.45, 2.75) is 39.4 Å². The number of benzene rings is 1. The average molecular weight is 280 g/mol. The van der Waals surface area contributed by atoms with E-state index < -0.39 is 0 Å². The summed E-state index contributed by atoms with van der Waals surface area (Å²) in [7, 11) is 0. The van der Waals surface area contributed by atoms with Crippen LogP contribution in [0.4, 0.5) is 10.5 Å². The molecule has 0 fully saturated rings. The molecule has 0 saturated carbocycles. The lowest BCUT2D eigenvalue weighted by Crippen LogP contribution is -2.31. The van der Waals surface area contributed by atoms with Gasteiger partial charge >= 0.3 is 6.03 Å². The zero-order chi connectivity index (χ0) is 14.8. The molecule has 0 saturated heterocycles. The van der Waals surface area contributed by atoms with Gasteiger partial charge in [0.2, 0.25) is 0 Å². The Kier molecular flexibility index (Phi) is 7.69. The van der Waals surface area contributed by atoms with Crippen LogP contribution in [-0.2, 0) is 11.3 Å². The van der Waals surface area contributed by atoms with Crippen molar-refractivity contribution >= 4 is 11.7 Å². The van der Waals surface area contributed by atoms with Gasteiger partial charge < -0.3 is 20.5 Å². The van der Waals surface area contributed by atoms with E-state index in [2.05, 4.69) is 10.6 Å². The molecule has 112 valence electrons. The van der Waals surface area contributed by atoms with Gasteiger partial charge in [-0.3, -0.25) is 0 Å². The van der Waals surface area contributed by atoms with E-state index >= 15 is 0 Å². The summed E-state index contributed by atoms with van der Waals surface area (Å²) in [5.74, 6) is 0. The number of urea groups is 1. The highest BCUT2D eigenvalue weighted by molar-refractivity contribution is 5.89. The van der Waals surface area contributed by atoms with E-state index in [0.717, 1.165) is 11.3 Å². The Labute approximate surface area is 120 Å². The molecular formula is C15H24N2O3. The molecule has 1 atom stereocenters. The van der Waals surface area contributed by atoms with E-state index in [9.17, 15) is 9.90 Å². The molecular weight excluding hydrogens is 256 g/mol. The lowest BCUT2D eigenvalue weighted by Gasteiger charge is -2.10. The quantitative estimate of drug-likeness (QED) is 0.685. The molecule has 20 heavy (non-hydrogen) atoms. The zero-order valence-electron chi connectivity index (χ0n) is 12.2. The number of carbonyl (C=O) groups is 1. The van der Waals surface area contributed by atoms with Gasteiger partial charge in [0.15, 0.2) is 0 Å². The number of anilines is 1. The topological polar surface area (TPSA) is 70.6 Å². The Bertz CT molecular complexity index is 393. The first kappa shape index (κ1) is 16.5. The van der Waals surface area contributed by atoms with Gasteiger partial charge in [-0.2, -0.15) is 0 Å². The van der Waals surface area contributed by atoms with E-state index in [4.69, 9.17) is 4.74 Å². The van der Waals surface area contributed by atoms with Gasteiger partial charge in [0.05, 0.1) is 12.7 Å². The molecule has 1 unspecified atom stereocenters. The van der Waals surface area contributed by atoms with Gasteiger partial charge in [-0.25, -0.2) is 4.79 Å². The van der Waals surface area contributed by atoms with Crippen molar-refractivity contribution in [1.29, 1.82) is 0 Å². The fourth-order valence-electron chi connectivity index (χ4n) is 1.64. The summed E-state index contributed by atoms with van der Waals surface area (Å²) in [5.41, 5.74) is 1.81. The first-order chi connectivity index (χ1) is 9.65. The summed E-state index contributed by atoms with van der Waals surface area (Å²) >= 11 is 0. The second-order valence-electron chi connectivity index (χ2n) is 4.57. The number of carbonyl (C=O) groups excluding carboxylic acids is 1. The number of aliphatic hydroxyl groups is 1. The summed E-state index contributed by atoms with van der Waals surface area (Å²) in [5, 5.41) is 14.8. The van der Waals surface area contributed by atoms with Crippen LogP contribution in [0.3, 0.4) is 0 Å². The number of hydrogen-bond donors (Lipinski definition) is 3. The Hall–Kier alpha value is -1.59. The van der Waals surface area contributed by atoms with Crippen molar-refractivity contribution in [3.8, 4) is 0 Å². The summed E-state index contributed by atoms with van der Waals surface area (Å²) in [6, 6.07) is 7.27. The number of hydrogen-bond acceptors (Lipinski definition) is 3. The summed E-state index contributed by atoms with van der Waals surface area (Å²) in [4.78, 5) is 11.6.